The van der Waals surface area contributed by atoms with Crippen molar-refractivity contribution in [3.8, 4) is 0 Å². The van der Waals surface area contributed by atoms with Gasteiger partial charge in [0.15, 0.2) is 0 Å². The van der Waals surface area contributed by atoms with Crippen molar-refractivity contribution in [2.45, 2.75) is 142 Å². The predicted molar refractivity (Wildman–Crippen MR) is 128 cm³/mol. The molecule has 166 valence electrons. The summed E-state index contributed by atoms with van der Waals surface area (Å²) in [5, 5.41) is 0. The van der Waals surface area contributed by atoms with Gasteiger partial charge in [0.1, 0.15) is 0 Å². The summed E-state index contributed by atoms with van der Waals surface area (Å²) in [5.74, 6) is 0. The third kappa shape index (κ3) is 26.2. The molecule has 0 aromatic heterocycles. The van der Waals surface area contributed by atoms with Gasteiger partial charge in [-0.15, -0.1) is 12.4 Å². The summed E-state index contributed by atoms with van der Waals surface area (Å²) in [4.78, 5) is 2.43. The average molecular weight is 404 g/mol. The number of hydrogen-bond acceptors (Lipinski definition) is 1. The maximum absolute atomic E-state index is 2.43. The van der Waals surface area contributed by atoms with Crippen LogP contribution in [0, 0.1) is 0 Å². The van der Waals surface area contributed by atoms with E-state index in [1.165, 1.54) is 142 Å². The van der Waals surface area contributed by atoms with Gasteiger partial charge < -0.3 is 4.90 Å². The molecule has 0 aromatic rings. The van der Waals surface area contributed by atoms with Crippen LogP contribution in [-0.2, 0) is 0 Å². The molecule has 0 aliphatic heterocycles. The van der Waals surface area contributed by atoms with Crippen molar-refractivity contribution < 1.29 is 0 Å². The molecule has 0 saturated carbocycles. The summed E-state index contributed by atoms with van der Waals surface area (Å²) in [6.45, 7) is 7.03. The minimum atomic E-state index is 0. The zero-order valence-corrected chi connectivity index (χ0v) is 20.2. The van der Waals surface area contributed by atoms with E-state index >= 15 is 0 Å². The molecule has 0 bridgehead atoms. The monoisotopic (exact) mass is 403 g/mol. The van der Waals surface area contributed by atoms with Crippen LogP contribution in [0.4, 0.5) is 0 Å². The van der Waals surface area contributed by atoms with Crippen molar-refractivity contribution in [1.29, 1.82) is 0 Å². The largest absolute Gasteiger partial charge is 0.307 e. The fourth-order valence-corrected chi connectivity index (χ4v) is 3.80. The summed E-state index contributed by atoms with van der Waals surface area (Å²) in [7, 11) is 2.23. The lowest BCUT2D eigenvalue weighted by atomic mass is 10.0. The first-order valence-corrected chi connectivity index (χ1v) is 12.5. The number of rotatable bonds is 22. The average Bonchev–Trinajstić information content (AvgIpc) is 2.66. The van der Waals surface area contributed by atoms with Crippen LogP contribution in [0.25, 0.3) is 0 Å². The van der Waals surface area contributed by atoms with Crippen LogP contribution >= 0.6 is 12.4 Å². The quantitative estimate of drug-likeness (QED) is 0.163. The second-order valence-electron chi connectivity index (χ2n) is 8.61. The van der Waals surface area contributed by atoms with E-state index in [2.05, 4.69) is 25.8 Å². The Morgan fingerprint density at radius 3 is 0.926 bits per heavy atom. The molecule has 0 rings (SSSR count). The van der Waals surface area contributed by atoms with Crippen LogP contribution in [0.3, 0.4) is 0 Å². The molecule has 0 atom stereocenters. The van der Waals surface area contributed by atoms with Gasteiger partial charge in [-0.1, -0.05) is 136 Å². The van der Waals surface area contributed by atoms with Crippen LogP contribution in [-0.4, -0.2) is 25.0 Å². The normalized spacial score (nSPS) is 11.1. The Kier molecular flexibility index (Phi) is 28.6. The molecule has 1 nitrogen and oxygen atoms in total. The third-order valence-electron chi connectivity index (χ3n) is 5.93. The Bertz CT molecular complexity index is 244. The van der Waals surface area contributed by atoms with Crippen LogP contribution in [0.5, 0.6) is 0 Å². The topological polar surface area (TPSA) is 3.24 Å². The van der Waals surface area contributed by atoms with E-state index in [9.17, 15) is 0 Å². The number of hydrogen-bond donors (Lipinski definition) is 0. The van der Waals surface area contributed by atoms with E-state index in [-0.39, 0.29) is 12.4 Å². The highest BCUT2D eigenvalue weighted by Gasteiger charge is 1.96. The molecule has 0 aliphatic carbocycles. The lowest BCUT2D eigenvalue weighted by Crippen LogP contribution is -2.18. The standard InChI is InChI=1S/C25H53N.ClH/c1-4-6-7-8-9-10-11-12-13-14-15-16-17-18-19-20-21-22-23-24-25-26(3)5-2;/h4-25H2,1-3H3;1H. The Hall–Kier alpha value is 0.250. The molecule has 0 spiro atoms. The van der Waals surface area contributed by atoms with E-state index in [4.69, 9.17) is 0 Å². The first-order valence-electron chi connectivity index (χ1n) is 12.5. The van der Waals surface area contributed by atoms with Crippen LogP contribution in [0.1, 0.15) is 142 Å². The van der Waals surface area contributed by atoms with Crippen molar-refractivity contribution in [1.82, 2.24) is 4.90 Å². The van der Waals surface area contributed by atoms with Crippen molar-refractivity contribution in [3.05, 3.63) is 0 Å². The molecule has 0 unspecified atom stereocenters. The van der Waals surface area contributed by atoms with Gasteiger partial charge in [0.05, 0.1) is 0 Å². The summed E-state index contributed by atoms with van der Waals surface area (Å²) < 4.78 is 0. The second kappa shape index (κ2) is 26.2. The van der Waals surface area contributed by atoms with Crippen molar-refractivity contribution >= 4 is 12.4 Å². The van der Waals surface area contributed by atoms with E-state index in [1.54, 1.807) is 0 Å². The molecule has 0 saturated heterocycles. The molecule has 0 aromatic carbocycles. The van der Waals surface area contributed by atoms with E-state index < -0.39 is 0 Å². The Morgan fingerprint density at radius 1 is 0.407 bits per heavy atom. The maximum Gasteiger partial charge on any atom is -0.00219 e. The van der Waals surface area contributed by atoms with Crippen molar-refractivity contribution in [2.75, 3.05) is 20.1 Å². The highest BCUT2D eigenvalue weighted by molar-refractivity contribution is 5.85. The number of unbranched alkanes of at least 4 members (excludes halogenated alkanes) is 19. The molecule has 2 heteroatoms. The van der Waals surface area contributed by atoms with Crippen LogP contribution in [0.2, 0.25) is 0 Å². The zero-order valence-electron chi connectivity index (χ0n) is 19.4. The molecular weight excluding hydrogens is 350 g/mol. The minimum absolute atomic E-state index is 0. The molecule has 0 amide bonds. The predicted octanol–water partition coefficient (Wildman–Crippen LogP) is 9.18. The first kappa shape index (κ1) is 29.5. The minimum Gasteiger partial charge on any atom is -0.307 e. The molecule has 0 radical (unpaired) electrons. The van der Waals surface area contributed by atoms with Gasteiger partial charge in [0.2, 0.25) is 0 Å². The van der Waals surface area contributed by atoms with E-state index in [0.717, 1.165) is 0 Å². The Morgan fingerprint density at radius 2 is 0.667 bits per heavy atom. The third-order valence-corrected chi connectivity index (χ3v) is 5.93. The zero-order chi connectivity index (χ0) is 19.1. The number of nitrogens with zero attached hydrogens (tertiary/aromatic N) is 1. The van der Waals surface area contributed by atoms with Gasteiger partial charge in [0, 0.05) is 0 Å². The van der Waals surface area contributed by atoms with Crippen LogP contribution in [0.15, 0.2) is 0 Å². The lowest BCUT2D eigenvalue weighted by molar-refractivity contribution is 0.340. The summed E-state index contributed by atoms with van der Waals surface area (Å²) in [6, 6.07) is 0. The van der Waals surface area contributed by atoms with Crippen molar-refractivity contribution in [2.24, 2.45) is 0 Å². The van der Waals surface area contributed by atoms with Crippen molar-refractivity contribution in [3.63, 3.8) is 0 Å². The fraction of sp³-hybridized carbons (Fsp3) is 1.00. The second-order valence-corrected chi connectivity index (χ2v) is 8.61. The maximum atomic E-state index is 2.43. The SMILES string of the molecule is CCCCCCCCCCCCCCCCCCCCCCN(C)CC.Cl. The molecule has 0 fully saturated rings. The fourth-order valence-electron chi connectivity index (χ4n) is 3.80. The first-order chi connectivity index (χ1) is 12.8. The Labute approximate surface area is 179 Å². The molecule has 0 heterocycles. The van der Waals surface area contributed by atoms with Gasteiger partial charge >= 0.3 is 0 Å². The molecule has 27 heavy (non-hydrogen) atoms. The van der Waals surface area contributed by atoms with Gasteiger partial charge in [0.25, 0.3) is 0 Å². The van der Waals surface area contributed by atoms with Gasteiger partial charge in [-0.2, -0.15) is 0 Å². The van der Waals surface area contributed by atoms with Gasteiger partial charge in [-0.25, -0.2) is 0 Å². The summed E-state index contributed by atoms with van der Waals surface area (Å²) in [5.41, 5.74) is 0. The van der Waals surface area contributed by atoms with Gasteiger partial charge in [-0.3, -0.25) is 0 Å². The Balaban J connectivity index is 0. The number of halogens is 1. The lowest BCUT2D eigenvalue weighted by Gasteiger charge is -2.12. The molecular formula is C25H54ClN. The van der Waals surface area contributed by atoms with E-state index in [0.29, 0.717) is 0 Å². The van der Waals surface area contributed by atoms with E-state index in [1.807, 2.05) is 0 Å². The van der Waals surface area contributed by atoms with Gasteiger partial charge in [-0.05, 0) is 26.6 Å². The molecule has 0 N–H and O–H groups in total. The molecule has 0 aliphatic rings. The summed E-state index contributed by atoms with van der Waals surface area (Å²) >= 11 is 0. The highest BCUT2D eigenvalue weighted by Crippen LogP contribution is 2.14. The smallest absolute Gasteiger partial charge is 0.00219 e. The summed E-state index contributed by atoms with van der Waals surface area (Å²) in [6.07, 6.45) is 29.3. The highest BCUT2D eigenvalue weighted by atomic mass is 35.5. The van der Waals surface area contributed by atoms with Crippen LogP contribution < -0.4 is 0 Å².